The molecule has 3 aromatic rings. The molecule has 0 aliphatic heterocycles. The van der Waals surface area contributed by atoms with E-state index in [4.69, 9.17) is 4.74 Å². The molecule has 5 nitrogen and oxygen atoms in total. The van der Waals surface area contributed by atoms with Gasteiger partial charge in [-0.15, -0.1) is 11.3 Å². The highest BCUT2D eigenvalue weighted by molar-refractivity contribution is 7.15. The summed E-state index contributed by atoms with van der Waals surface area (Å²) in [7, 11) is 0. The lowest BCUT2D eigenvalue weighted by molar-refractivity contribution is -0.118. The lowest BCUT2D eigenvalue weighted by Gasteiger charge is -2.06. The summed E-state index contributed by atoms with van der Waals surface area (Å²) in [5.41, 5.74) is 1.81. The Kier molecular flexibility index (Phi) is 5.76. The van der Waals surface area contributed by atoms with Crippen molar-refractivity contribution in [1.82, 2.24) is 4.98 Å². The van der Waals surface area contributed by atoms with Crippen molar-refractivity contribution in [2.45, 2.75) is 13.3 Å². The van der Waals surface area contributed by atoms with Crippen LogP contribution in [0.1, 0.15) is 27.7 Å². The lowest BCUT2D eigenvalue weighted by Crippen LogP contribution is -2.20. The normalized spacial score (nSPS) is 10.3. The summed E-state index contributed by atoms with van der Waals surface area (Å²) < 4.78 is 5.43. The Morgan fingerprint density at radius 1 is 1.08 bits per heavy atom. The maximum atomic E-state index is 12.0. The number of thiazole rings is 1. The summed E-state index contributed by atoms with van der Waals surface area (Å²) in [5, 5.41) is 3.29. The monoisotopic (exact) mass is 366 g/mol. The van der Waals surface area contributed by atoms with Crippen molar-refractivity contribution in [2.75, 3.05) is 11.9 Å². The van der Waals surface area contributed by atoms with E-state index in [1.807, 2.05) is 18.2 Å². The smallest absolute Gasteiger partial charge is 0.264 e. The first-order chi connectivity index (χ1) is 12.6. The Bertz CT molecular complexity index is 889. The van der Waals surface area contributed by atoms with Gasteiger partial charge in [0, 0.05) is 23.1 Å². The lowest BCUT2D eigenvalue weighted by atomic mass is 10.1. The second-order valence-electron chi connectivity index (χ2n) is 5.71. The topological polar surface area (TPSA) is 68.3 Å². The van der Waals surface area contributed by atoms with Crippen LogP contribution in [0.4, 0.5) is 5.13 Å². The van der Waals surface area contributed by atoms with Gasteiger partial charge >= 0.3 is 0 Å². The summed E-state index contributed by atoms with van der Waals surface area (Å²) in [4.78, 5) is 28.5. The molecule has 1 aromatic heterocycles. The van der Waals surface area contributed by atoms with Crippen molar-refractivity contribution in [2.24, 2.45) is 0 Å². The SMILES string of the molecule is CC(=O)c1ccc(OCC(=O)Nc2ncc(Cc3ccccc3)s2)cc1. The molecular formula is C20H18N2O3S. The molecule has 0 unspecified atom stereocenters. The van der Waals surface area contributed by atoms with Gasteiger partial charge < -0.3 is 4.74 Å². The zero-order valence-corrected chi connectivity index (χ0v) is 15.1. The van der Waals surface area contributed by atoms with Crippen LogP contribution in [-0.4, -0.2) is 23.3 Å². The zero-order chi connectivity index (χ0) is 18.4. The molecular weight excluding hydrogens is 348 g/mol. The Balaban J connectivity index is 1.50. The van der Waals surface area contributed by atoms with Crippen molar-refractivity contribution >= 4 is 28.2 Å². The molecule has 6 heteroatoms. The highest BCUT2D eigenvalue weighted by Gasteiger charge is 2.08. The Morgan fingerprint density at radius 3 is 2.50 bits per heavy atom. The Labute approximate surface area is 155 Å². The first-order valence-electron chi connectivity index (χ1n) is 8.12. The first kappa shape index (κ1) is 17.8. The number of anilines is 1. The van der Waals surface area contributed by atoms with E-state index in [2.05, 4.69) is 22.4 Å². The van der Waals surface area contributed by atoms with Crippen LogP contribution < -0.4 is 10.1 Å². The predicted octanol–water partition coefficient (Wildman–Crippen LogP) is 3.95. The molecule has 1 N–H and O–H groups in total. The van der Waals surface area contributed by atoms with Crippen molar-refractivity contribution in [1.29, 1.82) is 0 Å². The van der Waals surface area contributed by atoms with Gasteiger partial charge in [-0.2, -0.15) is 0 Å². The van der Waals surface area contributed by atoms with E-state index in [0.717, 1.165) is 11.3 Å². The van der Waals surface area contributed by atoms with Gasteiger partial charge in [0.2, 0.25) is 0 Å². The highest BCUT2D eigenvalue weighted by Crippen LogP contribution is 2.21. The summed E-state index contributed by atoms with van der Waals surface area (Å²) >= 11 is 1.45. The molecule has 0 atom stereocenters. The highest BCUT2D eigenvalue weighted by atomic mass is 32.1. The number of ether oxygens (including phenoxy) is 1. The third kappa shape index (κ3) is 5.00. The van der Waals surface area contributed by atoms with Crippen LogP contribution >= 0.6 is 11.3 Å². The number of rotatable bonds is 7. The van der Waals surface area contributed by atoms with Crippen LogP contribution in [0.3, 0.4) is 0 Å². The van der Waals surface area contributed by atoms with Crippen LogP contribution in [0.5, 0.6) is 5.75 Å². The summed E-state index contributed by atoms with van der Waals surface area (Å²) in [6, 6.07) is 16.8. The number of carbonyl (C=O) groups is 2. The molecule has 132 valence electrons. The summed E-state index contributed by atoms with van der Waals surface area (Å²) in [6.07, 6.45) is 2.56. The molecule has 26 heavy (non-hydrogen) atoms. The number of hydrogen-bond acceptors (Lipinski definition) is 5. The fourth-order valence-corrected chi connectivity index (χ4v) is 3.20. The van der Waals surface area contributed by atoms with Crippen LogP contribution in [-0.2, 0) is 11.2 Å². The van der Waals surface area contributed by atoms with Crippen molar-refractivity contribution in [3.63, 3.8) is 0 Å². The number of hydrogen-bond donors (Lipinski definition) is 1. The van der Waals surface area contributed by atoms with Crippen LogP contribution in [0, 0.1) is 0 Å². The van der Waals surface area contributed by atoms with E-state index < -0.39 is 0 Å². The molecule has 0 aliphatic rings. The Morgan fingerprint density at radius 2 is 1.81 bits per heavy atom. The van der Waals surface area contributed by atoms with Crippen molar-refractivity contribution in [3.05, 3.63) is 76.8 Å². The van der Waals surface area contributed by atoms with Gasteiger partial charge in [-0.3, -0.25) is 14.9 Å². The van der Waals surface area contributed by atoms with Gasteiger partial charge in [0.1, 0.15) is 5.75 Å². The quantitative estimate of drug-likeness (QED) is 0.643. The fourth-order valence-electron chi connectivity index (χ4n) is 2.33. The largest absolute Gasteiger partial charge is 0.484 e. The van der Waals surface area contributed by atoms with Gasteiger partial charge in [0.25, 0.3) is 5.91 Å². The van der Waals surface area contributed by atoms with Crippen LogP contribution in [0.2, 0.25) is 0 Å². The van der Waals surface area contributed by atoms with E-state index in [1.165, 1.54) is 23.8 Å². The number of aromatic nitrogens is 1. The van der Waals surface area contributed by atoms with Gasteiger partial charge in [-0.1, -0.05) is 30.3 Å². The number of ketones is 1. The van der Waals surface area contributed by atoms with E-state index in [9.17, 15) is 9.59 Å². The van der Waals surface area contributed by atoms with E-state index in [0.29, 0.717) is 16.4 Å². The van der Waals surface area contributed by atoms with Gasteiger partial charge in [-0.25, -0.2) is 4.98 Å². The number of carbonyl (C=O) groups excluding carboxylic acids is 2. The molecule has 0 saturated carbocycles. The fraction of sp³-hybridized carbons (Fsp3) is 0.150. The van der Waals surface area contributed by atoms with E-state index in [1.54, 1.807) is 30.5 Å². The molecule has 1 amide bonds. The van der Waals surface area contributed by atoms with Crippen LogP contribution in [0.25, 0.3) is 0 Å². The predicted molar refractivity (Wildman–Crippen MR) is 102 cm³/mol. The minimum Gasteiger partial charge on any atom is -0.484 e. The number of nitrogens with zero attached hydrogens (tertiary/aromatic N) is 1. The second-order valence-corrected chi connectivity index (χ2v) is 6.83. The molecule has 2 aromatic carbocycles. The molecule has 0 saturated heterocycles. The molecule has 1 heterocycles. The number of benzene rings is 2. The van der Waals surface area contributed by atoms with Gasteiger partial charge in [0.15, 0.2) is 17.5 Å². The molecule has 3 rings (SSSR count). The first-order valence-corrected chi connectivity index (χ1v) is 8.94. The van der Waals surface area contributed by atoms with Crippen LogP contribution in [0.15, 0.2) is 60.8 Å². The minimum atomic E-state index is -0.277. The number of nitrogens with one attached hydrogen (secondary N) is 1. The van der Waals surface area contributed by atoms with Gasteiger partial charge in [0.05, 0.1) is 0 Å². The molecule has 0 spiro atoms. The Hall–Kier alpha value is -2.99. The summed E-state index contributed by atoms with van der Waals surface area (Å²) in [6.45, 7) is 1.39. The van der Waals surface area contributed by atoms with E-state index in [-0.39, 0.29) is 18.3 Å². The molecule has 0 radical (unpaired) electrons. The van der Waals surface area contributed by atoms with E-state index >= 15 is 0 Å². The molecule has 0 bridgehead atoms. The maximum Gasteiger partial charge on any atom is 0.264 e. The minimum absolute atomic E-state index is 0.00984. The second kappa shape index (κ2) is 8.40. The molecule has 0 aliphatic carbocycles. The summed E-state index contributed by atoms with van der Waals surface area (Å²) in [5.74, 6) is 0.250. The maximum absolute atomic E-state index is 12.0. The molecule has 0 fully saturated rings. The average Bonchev–Trinajstić information content (AvgIpc) is 3.08. The van der Waals surface area contributed by atoms with Crippen molar-refractivity contribution in [3.8, 4) is 5.75 Å². The van der Waals surface area contributed by atoms with Crippen molar-refractivity contribution < 1.29 is 14.3 Å². The third-order valence-corrected chi connectivity index (χ3v) is 4.56. The van der Waals surface area contributed by atoms with Gasteiger partial charge in [-0.05, 0) is 36.8 Å². The average molecular weight is 366 g/mol. The number of Topliss-reactive ketones (excluding diaryl/α,β-unsaturated/α-hetero) is 1. The number of amides is 1. The third-order valence-electron chi connectivity index (χ3n) is 3.65. The standard InChI is InChI=1S/C20H18N2O3S/c1-14(23)16-7-9-17(10-8-16)25-13-19(24)22-20-21-12-18(26-20)11-15-5-3-2-4-6-15/h2-10,12H,11,13H2,1H3,(H,21,22,24). The zero-order valence-electron chi connectivity index (χ0n) is 14.3.